The summed E-state index contributed by atoms with van der Waals surface area (Å²) in [7, 11) is 0. The van der Waals surface area contributed by atoms with Crippen LogP contribution in [0.3, 0.4) is 0 Å². The molecule has 1 aliphatic carbocycles. The molecular formula is C38H58ClNO12. The van der Waals surface area contributed by atoms with E-state index in [0.29, 0.717) is 158 Å². The van der Waals surface area contributed by atoms with E-state index in [1.807, 2.05) is 24.3 Å². The Labute approximate surface area is 313 Å². The third-order valence-electron chi connectivity index (χ3n) is 7.65. The van der Waals surface area contributed by atoms with Crippen LogP contribution in [-0.2, 0) is 52.1 Å². The first-order valence-electron chi connectivity index (χ1n) is 18.2. The number of alkyl halides is 1. The lowest BCUT2D eigenvalue weighted by atomic mass is 9.98. The molecule has 0 saturated carbocycles. The van der Waals surface area contributed by atoms with Crippen molar-refractivity contribution in [1.82, 2.24) is 5.32 Å². The molecule has 14 heteroatoms. The van der Waals surface area contributed by atoms with Crippen molar-refractivity contribution < 1.29 is 56.9 Å². The molecule has 0 heterocycles. The highest BCUT2D eigenvalue weighted by atomic mass is 35.5. The van der Waals surface area contributed by atoms with Gasteiger partial charge in [0.15, 0.2) is 0 Å². The minimum absolute atomic E-state index is 0.0502. The Morgan fingerprint density at radius 1 is 0.481 bits per heavy atom. The van der Waals surface area contributed by atoms with Gasteiger partial charge in [0.1, 0.15) is 6.61 Å². The Bertz CT molecular complexity index is 1120. The van der Waals surface area contributed by atoms with Crippen LogP contribution in [0.2, 0.25) is 0 Å². The summed E-state index contributed by atoms with van der Waals surface area (Å²) in [4.78, 5) is 12.3. The van der Waals surface area contributed by atoms with Crippen molar-refractivity contribution in [2.24, 2.45) is 0 Å². The lowest BCUT2D eigenvalue weighted by Crippen LogP contribution is -2.27. The van der Waals surface area contributed by atoms with E-state index < -0.39 is 6.09 Å². The molecule has 13 nitrogen and oxygen atoms in total. The lowest BCUT2D eigenvalue weighted by molar-refractivity contribution is -0.0262. The van der Waals surface area contributed by atoms with E-state index in [-0.39, 0.29) is 5.92 Å². The van der Waals surface area contributed by atoms with E-state index in [4.69, 9.17) is 63.7 Å². The summed E-state index contributed by atoms with van der Waals surface area (Å²) < 4.78 is 60.1. The molecule has 0 unspecified atom stereocenters. The number of halogens is 1. The molecule has 2 aromatic rings. The van der Waals surface area contributed by atoms with Gasteiger partial charge in [0.25, 0.3) is 0 Å². The summed E-state index contributed by atoms with van der Waals surface area (Å²) >= 11 is 5.52. The van der Waals surface area contributed by atoms with Crippen LogP contribution < -0.4 is 5.32 Å². The first-order valence-corrected chi connectivity index (χ1v) is 18.8. The molecule has 0 bridgehead atoms. The highest BCUT2D eigenvalue weighted by molar-refractivity contribution is 6.17. The maximum absolute atomic E-state index is 12.3. The van der Waals surface area contributed by atoms with E-state index in [1.165, 1.54) is 22.3 Å². The molecule has 0 aliphatic heterocycles. The maximum atomic E-state index is 12.3. The molecule has 1 aliphatic rings. The number of ether oxygens (including phenoxy) is 11. The molecule has 1 N–H and O–H groups in total. The lowest BCUT2D eigenvalue weighted by Gasteiger charge is -2.14. The van der Waals surface area contributed by atoms with Gasteiger partial charge in [-0.15, -0.1) is 11.6 Å². The predicted molar refractivity (Wildman–Crippen MR) is 197 cm³/mol. The zero-order valence-electron chi connectivity index (χ0n) is 30.4. The number of carbonyl (C=O) groups excluding carboxylic acids is 1. The Morgan fingerprint density at radius 2 is 0.808 bits per heavy atom. The average molecular weight is 756 g/mol. The minimum atomic E-state index is -0.415. The minimum Gasteiger partial charge on any atom is -0.449 e. The van der Waals surface area contributed by atoms with Crippen molar-refractivity contribution in [1.29, 1.82) is 0 Å². The van der Waals surface area contributed by atoms with Crippen LogP contribution in [0.25, 0.3) is 11.1 Å². The van der Waals surface area contributed by atoms with E-state index in [2.05, 4.69) is 29.6 Å². The second-order valence-electron chi connectivity index (χ2n) is 11.4. The zero-order valence-corrected chi connectivity index (χ0v) is 31.2. The summed E-state index contributed by atoms with van der Waals surface area (Å²) in [5.74, 6) is 0.544. The molecule has 3 rings (SSSR count). The maximum Gasteiger partial charge on any atom is 0.407 e. The molecule has 0 aromatic heterocycles. The molecule has 294 valence electrons. The van der Waals surface area contributed by atoms with Crippen LogP contribution >= 0.6 is 11.6 Å². The number of hydrogen-bond donors (Lipinski definition) is 1. The SMILES string of the molecule is O=C(NCCCOCCOCCOCCOCCOCCOCCOCCOCCOCCOCCCl)OCC1c2ccccc2-c2ccccc21. The number of alkyl carbamates (subject to hydrolysis) is 1. The van der Waals surface area contributed by atoms with E-state index in [1.54, 1.807) is 0 Å². The van der Waals surface area contributed by atoms with Gasteiger partial charge in [-0.3, -0.25) is 0 Å². The molecule has 0 fully saturated rings. The Hall–Kier alpha value is -2.40. The fourth-order valence-electron chi connectivity index (χ4n) is 5.15. The Balaban J connectivity index is 0.958. The van der Waals surface area contributed by atoms with Crippen LogP contribution in [0.5, 0.6) is 0 Å². The first-order chi connectivity index (χ1) is 25.8. The smallest absolute Gasteiger partial charge is 0.407 e. The van der Waals surface area contributed by atoms with Gasteiger partial charge in [-0.05, 0) is 28.7 Å². The summed E-state index contributed by atoms with van der Waals surface area (Å²) in [5, 5.41) is 2.80. The van der Waals surface area contributed by atoms with Crippen molar-refractivity contribution in [2.75, 3.05) is 151 Å². The van der Waals surface area contributed by atoms with Crippen molar-refractivity contribution in [3.63, 3.8) is 0 Å². The number of nitrogens with one attached hydrogen (secondary N) is 1. The normalized spacial score (nSPS) is 12.2. The van der Waals surface area contributed by atoms with Crippen molar-refractivity contribution in [3.05, 3.63) is 59.7 Å². The Morgan fingerprint density at radius 3 is 1.17 bits per heavy atom. The molecule has 1 amide bonds. The van der Waals surface area contributed by atoms with Gasteiger partial charge < -0.3 is 57.4 Å². The third-order valence-corrected chi connectivity index (χ3v) is 7.80. The number of amides is 1. The van der Waals surface area contributed by atoms with Crippen molar-refractivity contribution in [3.8, 4) is 11.1 Å². The van der Waals surface area contributed by atoms with Crippen LogP contribution in [-0.4, -0.2) is 157 Å². The second-order valence-corrected chi connectivity index (χ2v) is 11.8. The van der Waals surface area contributed by atoms with Gasteiger partial charge in [-0.2, -0.15) is 0 Å². The summed E-state index contributed by atoms with van der Waals surface area (Å²) in [6, 6.07) is 16.6. The van der Waals surface area contributed by atoms with E-state index >= 15 is 0 Å². The van der Waals surface area contributed by atoms with Gasteiger partial charge in [-0.1, -0.05) is 48.5 Å². The number of fused-ring (bicyclic) bond motifs is 3. The van der Waals surface area contributed by atoms with Crippen LogP contribution in [0.1, 0.15) is 23.5 Å². The third kappa shape index (κ3) is 20.2. The monoisotopic (exact) mass is 755 g/mol. The average Bonchev–Trinajstić information content (AvgIpc) is 3.49. The van der Waals surface area contributed by atoms with Gasteiger partial charge in [0, 0.05) is 24.9 Å². The molecule has 0 spiro atoms. The van der Waals surface area contributed by atoms with Gasteiger partial charge in [0.05, 0.1) is 126 Å². The van der Waals surface area contributed by atoms with Gasteiger partial charge in [0.2, 0.25) is 0 Å². The van der Waals surface area contributed by atoms with E-state index in [0.717, 1.165) is 0 Å². The second kappa shape index (κ2) is 31.0. The highest BCUT2D eigenvalue weighted by Gasteiger charge is 2.28. The summed E-state index contributed by atoms with van der Waals surface area (Å²) in [6.45, 7) is 10.9. The fourth-order valence-corrected chi connectivity index (χ4v) is 5.26. The van der Waals surface area contributed by atoms with Crippen LogP contribution in [0.15, 0.2) is 48.5 Å². The topological polar surface area (TPSA) is 131 Å². The predicted octanol–water partition coefficient (Wildman–Crippen LogP) is 4.32. The molecule has 0 radical (unpaired) electrons. The number of carbonyl (C=O) groups is 1. The molecule has 52 heavy (non-hydrogen) atoms. The Kier molecular flexibility index (Phi) is 26.2. The standard InChI is InChI=1S/C38H58ClNO12/c39-10-13-43-15-17-45-19-21-47-23-25-49-27-29-51-31-30-50-28-26-48-24-22-46-20-18-44-16-14-42-12-5-11-40-38(41)52-32-37-35-8-3-1-6-33(35)34-7-2-4-9-36(34)37/h1-4,6-9,37H,5,10-32H2,(H,40,41). The molecule has 0 atom stereocenters. The van der Waals surface area contributed by atoms with Crippen LogP contribution in [0, 0.1) is 0 Å². The van der Waals surface area contributed by atoms with Crippen molar-refractivity contribution >= 4 is 17.7 Å². The largest absolute Gasteiger partial charge is 0.449 e. The number of benzene rings is 2. The quantitative estimate of drug-likeness (QED) is 0.0795. The molecular weight excluding hydrogens is 698 g/mol. The number of hydrogen-bond acceptors (Lipinski definition) is 12. The van der Waals surface area contributed by atoms with Gasteiger partial charge in [-0.25, -0.2) is 4.79 Å². The molecule has 2 aromatic carbocycles. The van der Waals surface area contributed by atoms with Crippen molar-refractivity contribution in [2.45, 2.75) is 12.3 Å². The molecule has 0 saturated heterocycles. The zero-order chi connectivity index (χ0) is 36.6. The van der Waals surface area contributed by atoms with Gasteiger partial charge >= 0.3 is 6.09 Å². The van der Waals surface area contributed by atoms with Crippen LogP contribution in [0.4, 0.5) is 4.79 Å². The number of rotatable bonds is 35. The van der Waals surface area contributed by atoms with E-state index in [9.17, 15) is 4.79 Å². The fraction of sp³-hybridized carbons (Fsp3) is 0.658. The summed E-state index contributed by atoms with van der Waals surface area (Å²) in [6.07, 6.45) is 0.270. The first kappa shape index (κ1) is 44.0. The summed E-state index contributed by atoms with van der Waals surface area (Å²) in [5.41, 5.74) is 4.81. The highest BCUT2D eigenvalue weighted by Crippen LogP contribution is 2.44.